The SMILES string of the molecule is NCCc1cc(Cl)cc(Cl)c1OCc1cc(F)ccc1Cl. The number of benzene rings is 2. The molecule has 0 amide bonds. The molecule has 0 atom stereocenters. The maximum atomic E-state index is 13.2. The third kappa shape index (κ3) is 4.24. The fourth-order valence-corrected chi connectivity index (χ4v) is 2.68. The van der Waals surface area contributed by atoms with Crippen molar-refractivity contribution in [2.45, 2.75) is 13.0 Å². The highest BCUT2D eigenvalue weighted by molar-refractivity contribution is 6.35. The van der Waals surface area contributed by atoms with Crippen LogP contribution in [0.3, 0.4) is 0 Å². The Morgan fingerprint density at radius 3 is 2.48 bits per heavy atom. The summed E-state index contributed by atoms with van der Waals surface area (Å²) in [6.07, 6.45) is 0.576. The van der Waals surface area contributed by atoms with Gasteiger partial charge in [-0.05, 0) is 48.9 Å². The van der Waals surface area contributed by atoms with Gasteiger partial charge in [0.1, 0.15) is 18.2 Å². The zero-order valence-corrected chi connectivity index (χ0v) is 13.3. The average molecular weight is 349 g/mol. The summed E-state index contributed by atoms with van der Waals surface area (Å²) in [5, 5.41) is 1.33. The molecule has 0 spiro atoms. The molecule has 2 N–H and O–H groups in total. The second-order valence-electron chi connectivity index (χ2n) is 4.44. The van der Waals surface area contributed by atoms with E-state index in [2.05, 4.69) is 0 Å². The van der Waals surface area contributed by atoms with Gasteiger partial charge < -0.3 is 10.5 Å². The lowest BCUT2D eigenvalue weighted by Crippen LogP contribution is -2.06. The second-order valence-corrected chi connectivity index (χ2v) is 5.69. The van der Waals surface area contributed by atoms with Crippen molar-refractivity contribution in [3.05, 3.63) is 62.3 Å². The molecule has 2 aromatic carbocycles. The zero-order valence-electron chi connectivity index (χ0n) is 11.0. The maximum absolute atomic E-state index is 13.2. The summed E-state index contributed by atoms with van der Waals surface area (Å²) in [5.41, 5.74) is 6.92. The quantitative estimate of drug-likeness (QED) is 0.837. The Morgan fingerprint density at radius 2 is 1.76 bits per heavy atom. The predicted octanol–water partition coefficient (Wildman–Crippen LogP) is 4.87. The van der Waals surface area contributed by atoms with Gasteiger partial charge in [-0.1, -0.05) is 34.8 Å². The Morgan fingerprint density at radius 1 is 1.00 bits per heavy atom. The van der Waals surface area contributed by atoms with Crippen molar-refractivity contribution >= 4 is 34.8 Å². The van der Waals surface area contributed by atoms with E-state index in [4.69, 9.17) is 45.3 Å². The number of halogens is 4. The van der Waals surface area contributed by atoms with Crippen molar-refractivity contribution in [3.63, 3.8) is 0 Å². The predicted molar refractivity (Wildman–Crippen MR) is 85.0 cm³/mol. The van der Waals surface area contributed by atoms with Crippen molar-refractivity contribution in [3.8, 4) is 5.75 Å². The van der Waals surface area contributed by atoms with E-state index in [-0.39, 0.29) is 12.4 Å². The summed E-state index contributed by atoms with van der Waals surface area (Å²) in [6.45, 7) is 0.545. The summed E-state index contributed by atoms with van der Waals surface area (Å²) >= 11 is 18.1. The minimum absolute atomic E-state index is 0.107. The molecule has 112 valence electrons. The lowest BCUT2D eigenvalue weighted by molar-refractivity contribution is 0.302. The topological polar surface area (TPSA) is 35.2 Å². The van der Waals surface area contributed by atoms with E-state index in [1.165, 1.54) is 18.2 Å². The molecule has 0 aromatic heterocycles. The fraction of sp³-hybridized carbons (Fsp3) is 0.200. The molecule has 0 bridgehead atoms. The van der Waals surface area contributed by atoms with Crippen molar-refractivity contribution in [1.82, 2.24) is 0 Å². The first-order chi connectivity index (χ1) is 10.0. The van der Waals surface area contributed by atoms with E-state index in [0.29, 0.717) is 39.3 Å². The zero-order chi connectivity index (χ0) is 15.4. The number of ether oxygens (including phenoxy) is 1. The maximum Gasteiger partial charge on any atom is 0.141 e. The Bertz CT molecular complexity index is 649. The average Bonchev–Trinajstić information content (AvgIpc) is 2.41. The van der Waals surface area contributed by atoms with Crippen molar-refractivity contribution in [1.29, 1.82) is 0 Å². The second kappa shape index (κ2) is 7.32. The molecule has 2 nitrogen and oxygen atoms in total. The van der Waals surface area contributed by atoms with Crippen LogP contribution in [-0.2, 0) is 13.0 Å². The Hall–Kier alpha value is -1.00. The van der Waals surface area contributed by atoms with E-state index in [9.17, 15) is 4.39 Å². The molecular weight excluding hydrogens is 336 g/mol. The van der Waals surface area contributed by atoms with Gasteiger partial charge in [0.25, 0.3) is 0 Å². The van der Waals surface area contributed by atoms with E-state index >= 15 is 0 Å². The molecule has 0 radical (unpaired) electrons. The molecule has 0 unspecified atom stereocenters. The number of hydrogen-bond donors (Lipinski definition) is 1. The molecule has 0 aliphatic carbocycles. The number of nitrogens with two attached hydrogens (primary N) is 1. The Kier molecular flexibility index (Phi) is 5.71. The standard InChI is InChI=1S/C15H13Cl3FNO/c16-11-5-9(3-4-20)15(14(18)7-11)21-8-10-6-12(19)1-2-13(10)17/h1-2,5-7H,3-4,8,20H2. The van der Waals surface area contributed by atoms with E-state index in [0.717, 1.165) is 5.56 Å². The summed E-state index contributed by atoms with van der Waals surface area (Å²) in [6, 6.07) is 7.45. The summed E-state index contributed by atoms with van der Waals surface area (Å²) in [7, 11) is 0. The van der Waals surface area contributed by atoms with Crippen molar-refractivity contribution in [2.75, 3.05) is 6.54 Å². The Labute approximate surface area is 137 Å². The van der Waals surface area contributed by atoms with Crippen LogP contribution in [-0.4, -0.2) is 6.54 Å². The molecule has 0 aliphatic rings. The van der Waals surface area contributed by atoms with E-state index in [1.54, 1.807) is 12.1 Å². The normalized spacial score (nSPS) is 10.7. The summed E-state index contributed by atoms with van der Waals surface area (Å²) in [4.78, 5) is 0. The molecule has 2 rings (SSSR count). The minimum atomic E-state index is -0.373. The van der Waals surface area contributed by atoms with Crippen molar-refractivity contribution in [2.24, 2.45) is 5.73 Å². The molecule has 0 aliphatic heterocycles. The van der Waals surface area contributed by atoms with Gasteiger partial charge in [0.05, 0.1) is 5.02 Å². The minimum Gasteiger partial charge on any atom is -0.487 e. The fourth-order valence-electron chi connectivity index (χ4n) is 1.92. The molecule has 0 fully saturated rings. The third-order valence-corrected chi connectivity index (χ3v) is 3.75. The van der Waals surface area contributed by atoms with Gasteiger partial charge in [-0.3, -0.25) is 0 Å². The first kappa shape index (κ1) is 16.4. The molecule has 2 aromatic rings. The number of rotatable bonds is 5. The summed E-state index contributed by atoms with van der Waals surface area (Å²) in [5.74, 6) is 0.120. The van der Waals surface area contributed by atoms with Gasteiger partial charge in [0.15, 0.2) is 0 Å². The van der Waals surface area contributed by atoms with Crippen LogP contribution >= 0.6 is 34.8 Å². The van der Waals surface area contributed by atoms with Crippen molar-refractivity contribution < 1.29 is 9.13 Å². The highest BCUT2D eigenvalue weighted by Gasteiger charge is 2.12. The van der Waals surface area contributed by atoms with Crippen LogP contribution in [0.25, 0.3) is 0 Å². The first-order valence-corrected chi connectivity index (χ1v) is 7.39. The molecule has 21 heavy (non-hydrogen) atoms. The van der Waals surface area contributed by atoms with Crippen LogP contribution in [0.1, 0.15) is 11.1 Å². The third-order valence-electron chi connectivity index (χ3n) is 2.88. The first-order valence-electron chi connectivity index (χ1n) is 6.26. The van der Waals surface area contributed by atoms with Gasteiger partial charge in [0, 0.05) is 15.6 Å². The van der Waals surface area contributed by atoms with Crippen LogP contribution in [0.5, 0.6) is 5.75 Å². The molecular formula is C15H13Cl3FNO. The summed E-state index contributed by atoms with van der Waals surface area (Å²) < 4.78 is 18.9. The Balaban J connectivity index is 2.25. The van der Waals surface area contributed by atoms with Gasteiger partial charge in [-0.15, -0.1) is 0 Å². The van der Waals surface area contributed by atoms with Crippen LogP contribution in [0, 0.1) is 5.82 Å². The van der Waals surface area contributed by atoms with E-state index < -0.39 is 0 Å². The van der Waals surface area contributed by atoms with Crippen LogP contribution < -0.4 is 10.5 Å². The molecule has 6 heteroatoms. The van der Waals surface area contributed by atoms with Gasteiger partial charge in [0.2, 0.25) is 0 Å². The largest absolute Gasteiger partial charge is 0.487 e. The van der Waals surface area contributed by atoms with Gasteiger partial charge in [-0.2, -0.15) is 0 Å². The smallest absolute Gasteiger partial charge is 0.141 e. The van der Waals surface area contributed by atoms with Gasteiger partial charge in [-0.25, -0.2) is 4.39 Å². The molecule has 0 heterocycles. The molecule has 0 saturated carbocycles. The van der Waals surface area contributed by atoms with E-state index in [1.807, 2.05) is 0 Å². The highest BCUT2D eigenvalue weighted by Crippen LogP contribution is 2.33. The van der Waals surface area contributed by atoms with Crippen LogP contribution in [0.15, 0.2) is 30.3 Å². The number of hydrogen-bond acceptors (Lipinski definition) is 2. The molecule has 0 saturated heterocycles. The lowest BCUT2D eigenvalue weighted by atomic mass is 10.1. The van der Waals surface area contributed by atoms with Crippen LogP contribution in [0.2, 0.25) is 15.1 Å². The highest BCUT2D eigenvalue weighted by atomic mass is 35.5. The monoisotopic (exact) mass is 347 g/mol. The van der Waals surface area contributed by atoms with Crippen LogP contribution in [0.4, 0.5) is 4.39 Å². The van der Waals surface area contributed by atoms with Gasteiger partial charge >= 0.3 is 0 Å². The lowest BCUT2D eigenvalue weighted by Gasteiger charge is -2.14.